The number of rotatable bonds is 2. The van der Waals surface area contributed by atoms with E-state index in [-0.39, 0.29) is 11.3 Å². The zero-order chi connectivity index (χ0) is 14.7. The van der Waals surface area contributed by atoms with E-state index in [1.807, 2.05) is 0 Å². The van der Waals surface area contributed by atoms with Gasteiger partial charge >= 0.3 is 0 Å². The Labute approximate surface area is 120 Å². The summed E-state index contributed by atoms with van der Waals surface area (Å²) in [6, 6.07) is 10.7. The molecule has 0 aliphatic rings. The molecule has 0 spiro atoms. The number of nitrogens with zero attached hydrogens (tertiary/aromatic N) is 1. The van der Waals surface area contributed by atoms with Crippen LogP contribution in [0.2, 0.25) is 5.02 Å². The largest absolute Gasteiger partial charge is 0.321 e. The molecule has 0 unspecified atom stereocenters. The minimum Gasteiger partial charge on any atom is -0.321 e. The van der Waals surface area contributed by atoms with Gasteiger partial charge in [0, 0.05) is 10.6 Å². The third-order valence-corrected chi connectivity index (χ3v) is 3.05. The van der Waals surface area contributed by atoms with Crippen LogP contribution in [0, 0.1) is 24.1 Å². The number of halogens is 2. The highest BCUT2D eigenvalue weighted by Crippen LogP contribution is 2.21. The molecule has 2 aromatic carbocycles. The summed E-state index contributed by atoms with van der Waals surface area (Å²) < 4.78 is 13.5. The molecule has 3 nitrogen and oxygen atoms in total. The number of nitriles is 1. The van der Waals surface area contributed by atoms with Crippen molar-refractivity contribution in [1.29, 1.82) is 5.26 Å². The Hall–Kier alpha value is -2.38. The monoisotopic (exact) mass is 288 g/mol. The van der Waals surface area contributed by atoms with E-state index in [9.17, 15) is 9.18 Å². The van der Waals surface area contributed by atoms with Crippen LogP contribution in [0.5, 0.6) is 0 Å². The molecule has 20 heavy (non-hydrogen) atoms. The molecule has 0 heterocycles. The second kappa shape index (κ2) is 5.72. The highest BCUT2D eigenvalue weighted by molar-refractivity contribution is 6.31. The van der Waals surface area contributed by atoms with Gasteiger partial charge in [-0.05, 0) is 36.8 Å². The lowest BCUT2D eigenvalue weighted by Crippen LogP contribution is -2.14. The van der Waals surface area contributed by atoms with Crippen molar-refractivity contribution in [2.75, 3.05) is 5.32 Å². The number of amides is 1. The number of aryl methyl sites for hydroxylation is 1. The Balaban J connectivity index is 2.36. The minimum atomic E-state index is -0.673. The fourth-order valence-corrected chi connectivity index (χ4v) is 1.94. The Kier molecular flexibility index (Phi) is 4.02. The SMILES string of the molecule is Cc1ccc(Cl)cc1C(=O)Nc1cccc(F)c1C#N. The molecule has 0 aliphatic heterocycles. The molecule has 0 aromatic heterocycles. The maximum absolute atomic E-state index is 13.5. The Bertz CT molecular complexity index is 722. The Morgan fingerprint density at radius 3 is 2.80 bits per heavy atom. The predicted molar refractivity (Wildman–Crippen MR) is 75.3 cm³/mol. The van der Waals surface area contributed by atoms with Gasteiger partial charge in [0.2, 0.25) is 0 Å². The van der Waals surface area contributed by atoms with Crippen LogP contribution in [0.3, 0.4) is 0 Å². The first-order valence-corrected chi connectivity index (χ1v) is 6.17. The molecule has 100 valence electrons. The van der Waals surface area contributed by atoms with Crippen molar-refractivity contribution in [1.82, 2.24) is 0 Å². The summed E-state index contributed by atoms with van der Waals surface area (Å²) >= 11 is 5.86. The minimum absolute atomic E-state index is 0.136. The highest BCUT2D eigenvalue weighted by Gasteiger charge is 2.14. The van der Waals surface area contributed by atoms with Gasteiger partial charge in [0.05, 0.1) is 5.69 Å². The van der Waals surface area contributed by atoms with Crippen LogP contribution >= 0.6 is 11.6 Å². The molecular formula is C15H10ClFN2O. The van der Waals surface area contributed by atoms with E-state index in [1.54, 1.807) is 25.1 Å². The standard InChI is InChI=1S/C15H10ClFN2O/c1-9-5-6-10(16)7-11(9)15(20)19-14-4-2-3-13(17)12(14)8-18/h2-7H,1H3,(H,19,20). The van der Waals surface area contributed by atoms with Gasteiger partial charge in [-0.15, -0.1) is 0 Å². The van der Waals surface area contributed by atoms with Crippen LogP contribution in [-0.2, 0) is 0 Å². The maximum atomic E-state index is 13.5. The summed E-state index contributed by atoms with van der Waals surface area (Å²) in [4.78, 5) is 12.2. The summed E-state index contributed by atoms with van der Waals surface area (Å²) in [5.41, 5.74) is 1.06. The van der Waals surface area contributed by atoms with E-state index in [2.05, 4.69) is 5.32 Å². The van der Waals surface area contributed by atoms with Crippen molar-refractivity contribution < 1.29 is 9.18 Å². The third kappa shape index (κ3) is 2.79. The summed E-state index contributed by atoms with van der Waals surface area (Å²) in [5, 5.41) is 11.9. The summed E-state index contributed by atoms with van der Waals surface area (Å²) in [5.74, 6) is -1.11. The van der Waals surface area contributed by atoms with Gasteiger partial charge in [-0.2, -0.15) is 5.26 Å². The summed E-state index contributed by atoms with van der Waals surface area (Å²) in [6.07, 6.45) is 0. The number of nitrogens with one attached hydrogen (secondary N) is 1. The molecular weight excluding hydrogens is 279 g/mol. The molecule has 0 radical (unpaired) electrons. The molecule has 0 bridgehead atoms. The van der Waals surface area contributed by atoms with E-state index < -0.39 is 11.7 Å². The fraction of sp³-hybridized carbons (Fsp3) is 0.0667. The molecule has 1 amide bonds. The van der Waals surface area contributed by atoms with Gasteiger partial charge in [-0.25, -0.2) is 4.39 Å². The Morgan fingerprint density at radius 2 is 2.10 bits per heavy atom. The number of carbonyl (C=O) groups is 1. The van der Waals surface area contributed by atoms with Crippen molar-refractivity contribution in [3.8, 4) is 6.07 Å². The zero-order valence-electron chi connectivity index (χ0n) is 10.6. The number of hydrogen-bond donors (Lipinski definition) is 1. The molecule has 2 aromatic rings. The van der Waals surface area contributed by atoms with Crippen LogP contribution in [0.4, 0.5) is 10.1 Å². The Morgan fingerprint density at radius 1 is 1.35 bits per heavy atom. The first-order valence-electron chi connectivity index (χ1n) is 5.79. The average molecular weight is 289 g/mol. The lowest BCUT2D eigenvalue weighted by molar-refractivity contribution is 0.102. The van der Waals surface area contributed by atoms with E-state index in [1.165, 1.54) is 24.3 Å². The molecule has 0 aliphatic carbocycles. The average Bonchev–Trinajstić information content (AvgIpc) is 2.41. The highest BCUT2D eigenvalue weighted by atomic mass is 35.5. The zero-order valence-corrected chi connectivity index (χ0v) is 11.3. The fourth-order valence-electron chi connectivity index (χ4n) is 1.77. The lowest BCUT2D eigenvalue weighted by atomic mass is 10.1. The van der Waals surface area contributed by atoms with Gasteiger partial charge in [0.25, 0.3) is 5.91 Å². The van der Waals surface area contributed by atoms with Gasteiger partial charge in [-0.3, -0.25) is 4.79 Å². The molecule has 2 rings (SSSR count). The molecule has 5 heteroatoms. The topological polar surface area (TPSA) is 52.9 Å². The third-order valence-electron chi connectivity index (χ3n) is 2.82. The number of hydrogen-bond acceptors (Lipinski definition) is 2. The van der Waals surface area contributed by atoms with Crippen LogP contribution in [0.1, 0.15) is 21.5 Å². The van der Waals surface area contributed by atoms with Crippen molar-refractivity contribution >= 4 is 23.2 Å². The van der Waals surface area contributed by atoms with Crippen LogP contribution in [0.15, 0.2) is 36.4 Å². The van der Waals surface area contributed by atoms with Gasteiger partial charge in [-0.1, -0.05) is 23.7 Å². The van der Waals surface area contributed by atoms with Crippen molar-refractivity contribution in [3.63, 3.8) is 0 Å². The van der Waals surface area contributed by atoms with Crippen molar-refractivity contribution in [3.05, 3.63) is 63.9 Å². The van der Waals surface area contributed by atoms with Crippen molar-refractivity contribution in [2.45, 2.75) is 6.92 Å². The lowest BCUT2D eigenvalue weighted by Gasteiger charge is -2.09. The second-order valence-corrected chi connectivity index (χ2v) is 4.62. The smallest absolute Gasteiger partial charge is 0.256 e. The van der Waals surface area contributed by atoms with E-state index in [4.69, 9.17) is 16.9 Å². The molecule has 0 atom stereocenters. The maximum Gasteiger partial charge on any atom is 0.256 e. The van der Waals surface area contributed by atoms with E-state index in [0.29, 0.717) is 10.6 Å². The van der Waals surface area contributed by atoms with Crippen LogP contribution < -0.4 is 5.32 Å². The normalized spacial score (nSPS) is 9.90. The molecule has 1 N–H and O–H groups in total. The number of benzene rings is 2. The van der Waals surface area contributed by atoms with E-state index >= 15 is 0 Å². The molecule has 0 fully saturated rings. The molecule has 0 saturated heterocycles. The molecule has 0 saturated carbocycles. The van der Waals surface area contributed by atoms with Gasteiger partial charge < -0.3 is 5.32 Å². The van der Waals surface area contributed by atoms with Crippen molar-refractivity contribution in [2.24, 2.45) is 0 Å². The number of carbonyl (C=O) groups excluding carboxylic acids is 1. The van der Waals surface area contributed by atoms with E-state index in [0.717, 1.165) is 5.56 Å². The quantitative estimate of drug-likeness (QED) is 0.911. The summed E-state index contributed by atoms with van der Waals surface area (Å²) in [6.45, 7) is 1.77. The van der Waals surface area contributed by atoms with Gasteiger partial charge in [0.15, 0.2) is 0 Å². The van der Waals surface area contributed by atoms with Crippen LogP contribution in [0.25, 0.3) is 0 Å². The number of anilines is 1. The first kappa shape index (κ1) is 14.0. The predicted octanol–water partition coefficient (Wildman–Crippen LogP) is 3.91. The first-order chi connectivity index (χ1) is 9.52. The second-order valence-electron chi connectivity index (χ2n) is 4.19. The van der Waals surface area contributed by atoms with Crippen LogP contribution in [-0.4, -0.2) is 5.91 Å². The van der Waals surface area contributed by atoms with Gasteiger partial charge in [0.1, 0.15) is 17.4 Å². The summed E-state index contributed by atoms with van der Waals surface area (Å²) in [7, 11) is 0.